The van der Waals surface area contributed by atoms with Crippen LogP contribution in [0.1, 0.15) is 11.1 Å². The molecule has 0 unspecified atom stereocenters. The third-order valence-electron chi connectivity index (χ3n) is 2.39. The predicted molar refractivity (Wildman–Crippen MR) is 59.1 cm³/mol. The lowest BCUT2D eigenvalue weighted by Crippen LogP contribution is -1.88. The summed E-state index contributed by atoms with van der Waals surface area (Å²) in [5.74, 6) is -0.258. The summed E-state index contributed by atoms with van der Waals surface area (Å²) in [6, 6.07) is 9.80. The van der Waals surface area contributed by atoms with E-state index in [1.165, 1.54) is 11.8 Å². The number of hydrogen-bond donors (Lipinski definition) is 0. The highest BCUT2D eigenvalue weighted by atomic mass is 19.1. The molecular formula is C13H12FN. The summed E-state index contributed by atoms with van der Waals surface area (Å²) in [6.07, 6.45) is 1.27. The lowest BCUT2D eigenvalue weighted by molar-refractivity contribution is 0.612. The number of aromatic nitrogens is 1. The van der Waals surface area contributed by atoms with Crippen LogP contribution in [0.2, 0.25) is 0 Å². The average molecular weight is 201 g/mol. The molecule has 1 aromatic heterocycles. The van der Waals surface area contributed by atoms with Crippen molar-refractivity contribution in [1.82, 2.24) is 4.98 Å². The van der Waals surface area contributed by atoms with Gasteiger partial charge in [0.25, 0.3) is 0 Å². The lowest BCUT2D eigenvalue weighted by atomic mass is 10.1. The van der Waals surface area contributed by atoms with Gasteiger partial charge in [0.15, 0.2) is 0 Å². The summed E-state index contributed by atoms with van der Waals surface area (Å²) in [4.78, 5) is 4.06. The fraction of sp³-hybridized carbons (Fsp3) is 0.154. The number of aryl methyl sites for hydroxylation is 2. The van der Waals surface area contributed by atoms with E-state index in [0.29, 0.717) is 5.56 Å². The molecule has 0 spiro atoms. The van der Waals surface area contributed by atoms with E-state index >= 15 is 0 Å². The fourth-order valence-corrected chi connectivity index (χ4v) is 1.42. The Morgan fingerprint density at radius 3 is 2.33 bits per heavy atom. The summed E-state index contributed by atoms with van der Waals surface area (Å²) in [5.41, 5.74) is 3.66. The molecule has 2 rings (SSSR count). The highest BCUT2D eigenvalue weighted by molar-refractivity contribution is 5.59. The molecule has 2 aromatic rings. The Bertz CT molecular complexity index is 474. The van der Waals surface area contributed by atoms with Crippen molar-refractivity contribution in [3.8, 4) is 11.3 Å². The van der Waals surface area contributed by atoms with E-state index in [2.05, 4.69) is 4.98 Å². The van der Waals surface area contributed by atoms with Gasteiger partial charge in [0.2, 0.25) is 0 Å². The molecule has 0 radical (unpaired) electrons. The molecule has 0 atom stereocenters. The standard InChI is InChI=1S/C13H12FN/c1-9-3-5-11(6-4-9)13-7-10(2)12(14)8-15-13/h3-8H,1-2H3. The minimum atomic E-state index is -0.258. The van der Waals surface area contributed by atoms with Gasteiger partial charge in [0.05, 0.1) is 11.9 Å². The van der Waals surface area contributed by atoms with Gasteiger partial charge in [-0.3, -0.25) is 4.98 Å². The van der Waals surface area contributed by atoms with Crippen molar-refractivity contribution < 1.29 is 4.39 Å². The van der Waals surface area contributed by atoms with Gasteiger partial charge in [0, 0.05) is 5.56 Å². The first-order valence-corrected chi connectivity index (χ1v) is 4.86. The van der Waals surface area contributed by atoms with Crippen molar-refractivity contribution >= 4 is 0 Å². The van der Waals surface area contributed by atoms with Crippen LogP contribution in [0.15, 0.2) is 36.5 Å². The van der Waals surface area contributed by atoms with Crippen molar-refractivity contribution in [2.75, 3.05) is 0 Å². The zero-order chi connectivity index (χ0) is 10.8. The number of benzene rings is 1. The zero-order valence-corrected chi connectivity index (χ0v) is 8.79. The van der Waals surface area contributed by atoms with Gasteiger partial charge in [-0.05, 0) is 25.5 Å². The molecule has 1 heterocycles. The number of nitrogens with zero attached hydrogens (tertiary/aromatic N) is 1. The van der Waals surface area contributed by atoms with Crippen molar-refractivity contribution in [3.63, 3.8) is 0 Å². The summed E-state index contributed by atoms with van der Waals surface area (Å²) in [6.45, 7) is 3.78. The molecule has 0 saturated carbocycles. The van der Waals surface area contributed by atoms with E-state index in [-0.39, 0.29) is 5.82 Å². The van der Waals surface area contributed by atoms with E-state index in [1.807, 2.05) is 31.2 Å². The first-order valence-electron chi connectivity index (χ1n) is 4.86. The van der Waals surface area contributed by atoms with Crippen LogP contribution in [0.5, 0.6) is 0 Å². The highest BCUT2D eigenvalue weighted by Crippen LogP contribution is 2.19. The lowest BCUT2D eigenvalue weighted by Gasteiger charge is -2.03. The Hall–Kier alpha value is -1.70. The Morgan fingerprint density at radius 1 is 1.07 bits per heavy atom. The molecule has 0 saturated heterocycles. The number of halogens is 1. The Morgan fingerprint density at radius 2 is 1.73 bits per heavy atom. The summed E-state index contributed by atoms with van der Waals surface area (Å²) < 4.78 is 13.0. The fourth-order valence-electron chi connectivity index (χ4n) is 1.42. The van der Waals surface area contributed by atoms with Gasteiger partial charge in [-0.2, -0.15) is 0 Å². The second-order valence-corrected chi connectivity index (χ2v) is 3.68. The third kappa shape index (κ3) is 2.04. The maximum Gasteiger partial charge on any atom is 0.144 e. The van der Waals surface area contributed by atoms with Gasteiger partial charge in [-0.15, -0.1) is 0 Å². The van der Waals surface area contributed by atoms with Gasteiger partial charge in [0.1, 0.15) is 5.82 Å². The van der Waals surface area contributed by atoms with Crippen molar-refractivity contribution in [1.29, 1.82) is 0 Å². The average Bonchev–Trinajstić information content (AvgIpc) is 2.23. The van der Waals surface area contributed by atoms with Crippen molar-refractivity contribution in [2.24, 2.45) is 0 Å². The molecule has 0 aliphatic carbocycles. The minimum Gasteiger partial charge on any atom is -0.253 e. The number of pyridine rings is 1. The van der Waals surface area contributed by atoms with Crippen molar-refractivity contribution in [2.45, 2.75) is 13.8 Å². The van der Waals surface area contributed by atoms with E-state index < -0.39 is 0 Å². The minimum absolute atomic E-state index is 0.258. The highest BCUT2D eigenvalue weighted by Gasteiger charge is 2.02. The van der Waals surface area contributed by atoms with Gasteiger partial charge in [-0.25, -0.2) is 4.39 Å². The monoisotopic (exact) mass is 201 g/mol. The van der Waals surface area contributed by atoms with E-state index in [9.17, 15) is 4.39 Å². The molecule has 0 aliphatic heterocycles. The Labute approximate surface area is 88.6 Å². The quantitative estimate of drug-likeness (QED) is 0.688. The van der Waals surface area contributed by atoms with E-state index in [0.717, 1.165) is 11.3 Å². The molecule has 0 N–H and O–H groups in total. The smallest absolute Gasteiger partial charge is 0.144 e. The molecule has 0 bridgehead atoms. The molecule has 1 nitrogen and oxygen atoms in total. The first-order chi connectivity index (χ1) is 7.16. The number of rotatable bonds is 1. The molecule has 1 aromatic carbocycles. The van der Waals surface area contributed by atoms with Crippen LogP contribution in [0, 0.1) is 19.7 Å². The largest absolute Gasteiger partial charge is 0.253 e. The maximum atomic E-state index is 13.0. The first kappa shape index (κ1) is 9.84. The van der Waals surface area contributed by atoms with Crippen LogP contribution < -0.4 is 0 Å². The van der Waals surface area contributed by atoms with Crippen LogP contribution >= 0.6 is 0 Å². The maximum absolute atomic E-state index is 13.0. The molecule has 15 heavy (non-hydrogen) atoms. The van der Waals surface area contributed by atoms with Gasteiger partial charge in [-0.1, -0.05) is 29.8 Å². The summed E-state index contributed by atoms with van der Waals surface area (Å²) in [5, 5.41) is 0. The van der Waals surface area contributed by atoms with Gasteiger partial charge >= 0.3 is 0 Å². The van der Waals surface area contributed by atoms with Crippen LogP contribution in [-0.2, 0) is 0 Å². The second-order valence-electron chi connectivity index (χ2n) is 3.68. The van der Waals surface area contributed by atoms with Crippen molar-refractivity contribution in [3.05, 3.63) is 53.5 Å². The molecule has 76 valence electrons. The zero-order valence-electron chi connectivity index (χ0n) is 8.79. The Kier molecular flexibility index (Phi) is 2.50. The topological polar surface area (TPSA) is 12.9 Å². The third-order valence-corrected chi connectivity index (χ3v) is 2.39. The van der Waals surface area contributed by atoms with Crippen LogP contribution in [-0.4, -0.2) is 4.98 Å². The second kappa shape index (κ2) is 3.81. The van der Waals surface area contributed by atoms with Crippen LogP contribution in [0.3, 0.4) is 0 Å². The van der Waals surface area contributed by atoms with Gasteiger partial charge < -0.3 is 0 Å². The number of hydrogen-bond acceptors (Lipinski definition) is 1. The van der Waals surface area contributed by atoms with Crippen LogP contribution in [0.4, 0.5) is 4.39 Å². The predicted octanol–water partition coefficient (Wildman–Crippen LogP) is 3.50. The Balaban J connectivity index is 2.45. The summed E-state index contributed by atoms with van der Waals surface area (Å²) in [7, 11) is 0. The normalized spacial score (nSPS) is 10.3. The molecule has 0 fully saturated rings. The summed E-state index contributed by atoms with van der Waals surface area (Å²) >= 11 is 0. The molecule has 2 heteroatoms. The van der Waals surface area contributed by atoms with E-state index in [4.69, 9.17) is 0 Å². The van der Waals surface area contributed by atoms with E-state index in [1.54, 1.807) is 13.0 Å². The SMILES string of the molecule is Cc1ccc(-c2cc(C)c(F)cn2)cc1. The molecular weight excluding hydrogens is 189 g/mol. The molecule has 0 aliphatic rings. The van der Waals surface area contributed by atoms with Crippen LogP contribution in [0.25, 0.3) is 11.3 Å². The molecule has 0 amide bonds.